The van der Waals surface area contributed by atoms with Crippen LogP contribution in [0.1, 0.15) is 60.2 Å². The molecule has 0 saturated carbocycles. The summed E-state index contributed by atoms with van der Waals surface area (Å²) in [6, 6.07) is 11.7. The number of carbonyl (C=O) groups excluding carboxylic acids is 1. The van der Waals surface area contributed by atoms with E-state index in [1.807, 2.05) is 18.2 Å². The highest BCUT2D eigenvalue weighted by molar-refractivity contribution is 9.10. The standard InChI is InChI=1S/C22H26BrN3O/c1-14-10-20-18(15(2)12-22(3,4)26(20)5)11-16(14)13-24-25-21(27)17-8-6-7-9-19(17)23/h6-11,13,15H,12H2,1-5H3,(H,25,27)/b24-13+. The Morgan fingerprint density at radius 2 is 2.04 bits per heavy atom. The number of amides is 1. The SMILES string of the molecule is Cc1cc2c(cc1/C=N/NC(=O)c1ccccc1Br)C(C)CC(C)(C)N2C. The minimum Gasteiger partial charge on any atom is -0.369 e. The van der Waals surface area contributed by atoms with Gasteiger partial charge in [-0.25, -0.2) is 5.43 Å². The Bertz CT molecular complexity index is 904. The molecular formula is C22H26BrN3O. The van der Waals surface area contributed by atoms with Gasteiger partial charge in [0.2, 0.25) is 0 Å². The third-order valence-corrected chi connectivity index (χ3v) is 6.20. The molecule has 3 rings (SSSR count). The van der Waals surface area contributed by atoms with E-state index in [1.54, 1.807) is 12.3 Å². The maximum absolute atomic E-state index is 12.3. The molecule has 27 heavy (non-hydrogen) atoms. The van der Waals surface area contributed by atoms with Gasteiger partial charge in [0.1, 0.15) is 0 Å². The summed E-state index contributed by atoms with van der Waals surface area (Å²) in [5, 5.41) is 4.18. The zero-order chi connectivity index (χ0) is 19.8. The molecule has 1 heterocycles. The molecular weight excluding hydrogens is 402 g/mol. The van der Waals surface area contributed by atoms with E-state index in [2.05, 4.69) is 78.2 Å². The highest BCUT2D eigenvalue weighted by Crippen LogP contribution is 2.43. The zero-order valence-corrected chi connectivity index (χ0v) is 18.1. The number of halogens is 1. The average molecular weight is 428 g/mol. The predicted octanol–water partition coefficient (Wildman–Crippen LogP) is 5.24. The Kier molecular flexibility index (Phi) is 5.43. The fourth-order valence-electron chi connectivity index (χ4n) is 3.74. The van der Waals surface area contributed by atoms with Crippen LogP contribution in [0.5, 0.6) is 0 Å². The molecule has 2 aromatic rings. The first-order valence-corrected chi connectivity index (χ1v) is 9.96. The number of nitrogens with one attached hydrogen (secondary N) is 1. The van der Waals surface area contributed by atoms with Crippen LogP contribution in [0.2, 0.25) is 0 Å². The van der Waals surface area contributed by atoms with Crippen molar-refractivity contribution in [3.8, 4) is 0 Å². The molecule has 0 bridgehead atoms. The Labute approximate surface area is 169 Å². The lowest BCUT2D eigenvalue weighted by molar-refractivity contribution is 0.0954. The van der Waals surface area contributed by atoms with Gasteiger partial charge in [0.25, 0.3) is 5.91 Å². The first-order chi connectivity index (χ1) is 12.7. The number of carbonyl (C=O) groups is 1. The van der Waals surface area contributed by atoms with Crippen LogP contribution in [0.3, 0.4) is 0 Å². The fourth-order valence-corrected chi connectivity index (χ4v) is 4.20. The number of hydrogen-bond donors (Lipinski definition) is 1. The van der Waals surface area contributed by atoms with Gasteiger partial charge in [0.15, 0.2) is 0 Å². The molecule has 1 amide bonds. The Hall–Kier alpha value is -2.14. The third kappa shape index (κ3) is 3.93. The van der Waals surface area contributed by atoms with Crippen molar-refractivity contribution in [2.24, 2.45) is 5.10 Å². The van der Waals surface area contributed by atoms with Crippen LogP contribution in [-0.2, 0) is 0 Å². The predicted molar refractivity (Wildman–Crippen MR) is 116 cm³/mol. The van der Waals surface area contributed by atoms with Crippen LogP contribution in [0, 0.1) is 6.92 Å². The van der Waals surface area contributed by atoms with Crippen LogP contribution < -0.4 is 10.3 Å². The van der Waals surface area contributed by atoms with Crippen molar-refractivity contribution in [3.05, 3.63) is 63.1 Å². The van der Waals surface area contributed by atoms with E-state index in [1.165, 1.54) is 11.3 Å². The summed E-state index contributed by atoms with van der Waals surface area (Å²) in [5.74, 6) is 0.248. The first kappa shape index (κ1) is 19.6. The molecule has 142 valence electrons. The molecule has 0 spiro atoms. The second-order valence-corrected chi connectivity index (χ2v) is 8.78. The lowest BCUT2D eigenvalue weighted by atomic mass is 9.79. The van der Waals surface area contributed by atoms with Gasteiger partial charge in [-0.2, -0.15) is 5.10 Å². The van der Waals surface area contributed by atoms with Crippen molar-refractivity contribution in [2.45, 2.75) is 45.6 Å². The van der Waals surface area contributed by atoms with Crippen LogP contribution >= 0.6 is 15.9 Å². The minimum atomic E-state index is -0.232. The van der Waals surface area contributed by atoms with Crippen LogP contribution in [0.15, 0.2) is 46.0 Å². The van der Waals surface area contributed by atoms with Gasteiger partial charge in [-0.15, -0.1) is 0 Å². The maximum atomic E-state index is 12.3. The number of hydrogen-bond acceptors (Lipinski definition) is 3. The highest BCUT2D eigenvalue weighted by atomic mass is 79.9. The quantitative estimate of drug-likeness (QED) is 0.537. The molecule has 4 nitrogen and oxygen atoms in total. The largest absolute Gasteiger partial charge is 0.369 e. The molecule has 0 saturated heterocycles. The number of fused-ring (bicyclic) bond motifs is 1. The van der Waals surface area contributed by atoms with E-state index in [4.69, 9.17) is 0 Å². The number of anilines is 1. The second-order valence-electron chi connectivity index (χ2n) is 7.92. The Balaban J connectivity index is 1.82. The van der Waals surface area contributed by atoms with Gasteiger partial charge in [0, 0.05) is 22.7 Å². The first-order valence-electron chi connectivity index (χ1n) is 9.17. The molecule has 1 aliphatic heterocycles. The molecule has 0 radical (unpaired) electrons. The van der Waals surface area contributed by atoms with Crippen LogP contribution in [0.25, 0.3) is 0 Å². The molecule has 1 atom stereocenters. The van der Waals surface area contributed by atoms with Crippen molar-refractivity contribution in [1.82, 2.24) is 5.43 Å². The van der Waals surface area contributed by atoms with Gasteiger partial charge in [0.05, 0.1) is 11.8 Å². The average Bonchev–Trinajstić information content (AvgIpc) is 2.60. The third-order valence-electron chi connectivity index (χ3n) is 5.51. The fraction of sp³-hybridized carbons (Fsp3) is 0.364. The number of hydrazone groups is 1. The summed E-state index contributed by atoms with van der Waals surface area (Å²) in [4.78, 5) is 14.6. The van der Waals surface area contributed by atoms with E-state index >= 15 is 0 Å². The summed E-state index contributed by atoms with van der Waals surface area (Å²) < 4.78 is 0.752. The Morgan fingerprint density at radius 1 is 1.33 bits per heavy atom. The zero-order valence-electron chi connectivity index (χ0n) is 16.5. The highest BCUT2D eigenvalue weighted by Gasteiger charge is 2.34. The van der Waals surface area contributed by atoms with Gasteiger partial charge in [-0.3, -0.25) is 4.79 Å². The number of benzene rings is 2. The number of aryl methyl sites for hydroxylation is 1. The van der Waals surface area contributed by atoms with E-state index in [0.29, 0.717) is 11.5 Å². The summed E-state index contributed by atoms with van der Waals surface area (Å²) >= 11 is 3.39. The molecule has 0 aliphatic carbocycles. The van der Waals surface area contributed by atoms with Crippen molar-refractivity contribution in [1.29, 1.82) is 0 Å². The van der Waals surface area contributed by atoms with E-state index in [-0.39, 0.29) is 11.4 Å². The molecule has 5 heteroatoms. The van der Waals surface area contributed by atoms with E-state index in [9.17, 15) is 4.79 Å². The lowest BCUT2D eigenvalue weighted by Crippen LogP contribution is -2.45. The summed E-state index contributed by atoms with van der Waals surface area (Å²) in [6.45, 7) is 8.93. The number of nitrogens with zero attached hydrogens (tertiary/aromatic N) is 2. The van der Waals surface area contributed by atoms with Crippen molar-refractivity contribution < 1.29 is 4.79 Å². The van der Waals surface area contributed by atoms with E-state index < -0.39 is 0 Å². The molecule has 2 aromatic carbocycles. The van der Waals surface area contributed by atoms with Crippen LogP contribution in [0.4, 0.5) is 5.69 Å². The Morgan fingerprint density at radius 3 is 2.74 bits per heavy atom. The van der Waals surface area contributed by atoms with E-state index in [0.717, 1.165) is 22.0 Å². The molecule has 0 fully saturated rings. The molecule has 1 aliphatic rings. The van der Waals surface area contributed by atoms with Crippen molar-refractivity contribution >= 4 is 33.7 Å². The monoisotopic (exact) mass is 427 g/mol. The normalized spacial score (nSPS) is 18.4. The topological polar surface area (TPSA) is 44.7 Å². The van der Waals surface area contributed by atoms with Crippen LogP contribution in [-0.4, -0.2) is 24.7 Å². The smallest absolute Gasteiger partial charge is 0.272 e. The molecule has 0 aromatic heterocycles. The maximum Gasteiger partial charge on any atom is 0.272 e. The molecule has 1 unspecified atom stereocenters. The minimum absolute atomic E-state index is 0.144. The summed E-state index contributed by atoms with van der Waals surface area (Å²) in [5.41, 5.74) is 8.12. The summed E-state index contributed by atoms with van der Waals surface area (Å²) in [7, 11) is 2.16. The van der Waals surface area contributed by atoms with Gasteiger partial charge < -0.3 is 4.90 Å². The van der Waals surface area contributed by atoms with Crippen molar-refractivity contribution in [2.75, 3.05) is 11.9 Å². The lowest BCUT2D eigenvalue weighted by Gasteiger charge is -2.45. The van der Waals surface area contributed by atoms with Crippen molar-refractivity contribution in [3.63, 3.8) is 0 Å². The second kappa shape index (κ2) is 7.47. The van der Waals surface area contributed by atoms with Gasteiger partial charge in [-0.1, -0.05) is 19.1 Å². The molecule has 1 N–H and O–H groups in total. The summed E-state index contributed by atoms with van der Waals surface area (Å²) in [6.07, 6.45) is 2.84. The number of rotatable bonds is 3. The van der Waals surface area contributed by atoms with Gasteiger partial charge >= 0.3 is 0 Å². The van der Waals surface area contributed by atoms with Gasteiger partial charge in [-0.05, 0) is 90.0 Å².